The number of ether oxygens (including phenoxy) is 1. The summed E-state index contributed by atoms with van der Waals surface area (Å²) in [5.74, 6) is -0.340. The van der Waals surface area contributed by atoms with Crippen LogP contribution in [0.5, 0.6) is 0 Å². The van der Waals surface area contributed by atoms with Crippen LogP contribution in [0.2, 0.25) is 0 Å². The topological polar surface area (TPSA) is 105 Å². The maximum Gasteiger partial charge on any atom is 0.307 e. The van der Waals surface area contributed by atoms with Crippen LogP contribution < -0.4 is 5.32 Å². The predicted octanol–water partition coefficient (Wildman–Crippen LogP) is 2.22. The Kier molecular flexibility index (Phi) is 5.47. The Morgan fingerprint density at radius 2 is 2.30 bits per heavy atom. The number of nitro groups is 1. The van der Waals surface area contributed by atoms with Gasteiger partial charge in [0.25, 0.3) is 5.69 Å². The van der Waals surface area contributed by atoms with E-state index in [9.17, 15) is 14.9 Å². The van der Waals surface area contributed by atoms with E-state index in [1.165, 1.54) is 18.2 Å². The maximum absolute atomic E-state index is 11.3. The van der Waals surface area contributed by atoms with Crippen LogP contribution in [-0.2, 0) is 9.53 Å². The third-order valence-electron chi connectivity index (χ3n) is 2.51. The van der Waals surface area contributed by atoms with Crippen molar-refractivity contribution < 1.29 is 14.5 Å². The number of nitro benzene ring substituents is 1. The summed E-state index contributed by atoms with van der Waals surface area (Å²) in [6.07, 6.45) is 0.149. The van der Waals surface area contributed by atoms with E-state index in [-0.39, 0.29) is 29.7 Å². The van der Waals surface area contributed by atoms with Gasteiger partial charge in [0.05, 0.1) is 29.2 Å². The van der Waals surface area contributed by atoms with Gasteiger partial charge in [0, 0.05) is 18.2 Å². The van der Waals surface area contributed by atoms with Crippen molar-refractivity contribution in [3.63, 3.8) is 0 Å². The van der Waals surface area contributed by atoms with Crippen LogP contribution >= 0.6 is 0 Å². The number of nitrogens with one attached hydrogen (secondary N) is 1. The van der Waals surface area contributed by atoms with E-state index in [1.54, 1.807) is 13.8 Å². The zero-order valence-corrected chi connectivity index (χ0v) is 11.3. The molecule has 1 N–H and O–H groups in total. The highest BCUT2D eigenvalue weighted by Gasteiger charge is 2.14. The number of rotatable bonds is 6. The molecular formula is C13H15N3O4. The van der Waals surface area contributed by atoms with Crippen LogP contribution in [0.15, 0.2) is 18.2 Å². The SMILES string of the molecule is CCOC(=O)CC(C)Nc1ccc([N+](=O)[O-])cc1C#N. The summed E-state index contributed by atoms with van der Waals surface area (Å²) in [5, 5.41) is 22.6. The second kappa shape index (κ2) is 7.09. The normalized spacial score (nSPS) is 11.2. The number of benzene rings is 1. The molecule has 1 aromatic rings. The molecule has 1 atom stereocenters. The average molecular weight is 277 g/mol. The van der Waals surface area contributed by atoms with E-state index in [4.69, 9.17) is 10.00 Å². The third kappa shape index (κ3) is 4.24. The van der Waals surface area contributed by atoms with Gasteiger partial charge in [-0.05, 0) is 19.9 Å². The first-order valence-corrected chi connectivity index (χ1v) is 6.08. The van der Waals surface area contributed by atoms with Crippen molar-refractivity contribution in [1.29, 1.82) is 5.26 Å². The van der Waals surface area contributed by atoms with Gasteiger partial charge in [0.1, 0.15) is 6.07 Å². The largest absolute Gasteiger partial charge is 0.466 e. The van der Waals surface area contributed by atoms with Crippen LogP contribution in [0.25, 0.3) is 0 Å². The predicted molar refractivity (Wildman–Crippen MR) is 72.1 cm³/mol. The molecule has 0 saturated heterocycles. The number of nitriles is 1. The number of non-ortho nitro benzene ring substituents is 1. The monoisotopic (exact) mass is 277 g/mol. The summed E-state index contributed by atoms with van der Waals surface area (Å²) in [5.41, 5.74) is 0.468. The molecule has 0 bridgehead atoms. The number of esters is 1. The second-order valence-corrected chi connectivity index (χ2v) is 4.15. The molecule has 7 heteroatoms. The highest BCUT2D eigenvalue weighted by atomic mass is 16.6. The summed E-state index contributed by atoms with van der Waals surface area (Å²) < 4.78 is 4.82. The lowest BCUT2D eigenvalue weighted by Crippen LogP contribution is -2.21. The number of nitrogens with zero attached hydrogens (tertiary/aromatic N) is 2. The van der Waals surface area contributed by atoms with Gasteiger partial charge in [0.2, 0.25) is 0 Å². The first-order chi connectivity index (χ1) is 9.47. The van der Waals surface area contributed by atoms with Gasteiger partial charge in [-0.2, -0.15) is 5.26 Å². The van der Waals surface area contributed by atoms with E-state index in [0.29, 0.717) is 12.3 Å². The highest BCUT2D eigenvalue weighted by molar-refractivity contribution is 5.71. The Bertz CT molecular complexity index is 551. The van der Waals surface area contributed by atoms with Crippen molar-refractivity contribution in [2.75, 3.05) is 11.9 Å². The molecule has 0 aliphatic rings. The Labute approximate surface area is 116 Å². The minimum atomic E-state index is -0.563. The molecule has 0 heterocycles. The molecule has 0 spiro atoms. The fourth-order valence-corrected chi connectivity index (χ4v) is 1.65. The first-order valence-electron chi connectivity index (χ1n) is 6.08. The summed E-state index contributed by atoms with van der Waals surface area (Å²) in [6.45, 7) is 3.80. The summed E-state index contributed by atoms with van der Waals surface area (Å²) in [7, 11) is 0. The molecule has 20 heavy (non-hydrogen) atoms. The Morgan fingerprint density at radius 3 is 2.85 bits per heavy atom. The molecule has 0 aliphatic heterocycles. The van der Waals surface area contributed by atoms with E-state index >= 15 is 0 Å². The number of hydrogen-bond donors (Lipinski definition) is 1. The van der Waals surface area contributed by atoms with Crippen LogP contribution in [0.3, 0.4) is 0 Å². The van der Waals surface area contributed by atoms with Gasteiger partial charge < -0.3 is 10.1 Å². The van der Waals surface area contributed by atoms with Gasteiger partial charge in [-0.3, -0.25) is 14.9 Å². The van der Waals surface area contributed by atoms with Crippen LogP contribution in [0.1, 0.15) is 25.8 Å². The Morgan fingerprint density at radius 1 is 1.60 bits per heavy atom. The molecule has 0 saturated carbocycles. The van der Waals surface area contributed by atoms with Gasteiger partial charge in [-0.25, -0.2) is 0 Å². The van der Waals surface area contributed by atoms with Crippen molar-refractivity contribution in [2.45, 2.75) is 26.3 Å². The lowest BCUT2D eigenvalue weighted by atomic mass is 10.1. The van der Waals surface area contributed by atoms with Gasteiger partial charge >= 0.3 is 5.97 Å². The van der Waals surface area contributed by atoms with Crippen LogP contribution in [-0.4, -0.2) is 23.5 Å². The minimum absolute atomic E-state index is 0.148. The molecule has 106 valence electrons. The van der Waals surface area contributed by atoms with Crippen molar-refractivity contribution in [1.82, 2.24) is 0 Å². The number of carbonyl (C=O) groups excluding carboxylic acids is 1. The van der Waals surface area contributed by atoms with Gasteiger partial charge in [0.15, 0.2) is 0 Å². The quantitative estimate of drug-likeness (QED) is 0.485. The van der Waals surface area contributed by atoms with Crippen molar-refractivity contribution in [3.8, 4) is 6.07 Å². The molecular weight excluding hydrogens is 262 g/mol. The molecule has 0 fully saturated rings. The van der Waals surface area contributed by atoms with Crippen molar-refractivity contribution >= 4 is 17.3 Å². The zero-order chi connectivity index (χ0) is 15.1. The fourth-order valence-electron chi connectivity index (χ4n) is 1.65. The molecule has 1 unspecified atom stereocenters. The highest BCUT2D eigenvalue weighted by Crippen LogP contribution is 2.22. The van der Waals surface area contributed by atoms with Gasteiger partial charge in [-0.15, -0.1) is 0 Å². The average Bonchev–Trinajstić information content (AvgIpc) is 2.38. The Balaban J connectivity index is 2.80. The molecule has 0 amide bonds. The van der Waals surface area contributed by atoms with Gasteiger partial charge in [-0.1, -0.05) is 0 Å². The lowest BCUT2D eigenvalue weighted by Gasteiger charge is -2.15. The number of anilines is 1. The molecule has 1 aromatic carbocycles. The Hall–Kier alpha value is -2.62. The van der Waals surface area contributed by atoms with E-state index in [0.717, 1.165) is 0 Å². The molecule has 0 aliphatic carbocycles. The molecule has 0 aromatic heterocycles. The lowest BCUT2D eigenvalue weighted by molar-refractivity contribution is -0.384. The standard InChI is InChI=1S/C13H15N3O4/c1-3-20-13(17)6-9(2)15-12-5-4-11(16(18)19)7-10(12)8-14/h4-5,7,9,15H,3,6H2,1-2H3. The second-order valence-electron chi connectivity index (χ2n) is 4.15. The van der Waals surface area contributed by atoms with Crippen LogP contribution in [0, 0.1) is 21.4 Å². The molecule has 7 nitrogen and oxygen atoms in total. The number of carbonyl (C=O) groups is 1. The van der Waals surface area contributed by atoms with Crippen molar-refractivity contribution in [3.05, 3.63) is 33.9 Å². The van der Waals surface area contributed by atoms with E-state index in [1.807, 2.05) is 6.07 Å². The zero-order valence-electron chi connectivity index (χ0n) is 11.3. The summed E-state index contributed by atoms with van der Waals surface area (Å²) in [6, 6.07) is 5.60. The number of hydrogen-bond acceptors (Lipinski definition) is 6. The third-order valence-corrected chi connectivity index (χ3v) is 2.51. The first kappa shape index (κ1) is 15.4. The van der Waals surface area contributed by atoms with Crippen molar-refractivity contribution in [2.24, 2.45) is 0 Å². The van der Waals surface area contributed by atoms with Crippen LogP contribution in [0.4, 0.5) is 11.4 Å². The van der Waals surface area contributed by atoms with E-state index in [2.05, 4.69) is 5.32 Å². The fraction of sp³-hybridized carbons (Fsp3) is 0.385. The maximum atomic E-state index is 11.3. The molecule has 0 radical (unpaired) electrons. The summed E-state index contributed by atoms with van der Waals surface area (Å²) >= 11 is 0. The van der Waals surface area contributed by atoms with E-state index < -0.39 is 4.92 Å². The smallest absolute Gasteiger partial charge is 0.307 e. The summed E-state index contributed by atoms with van der Waals surface area (Å²) in [4.78, 5) is 21.4. The molecule has 1 rings (SSSR count). The minimum Gasteiger partial charge on any atom is -0.466 e.